The summed E-state index contributed by atoms with van der Waals surface area (Å²) in [6, 6.07) is 3.73. The number of nitrogens with zero attached hydrogens (tertiary/aromatic N) is 2. The van der Waals surface area contributed by atoms with Gasteiger partial charge in [-0.25, -0.2) is 4.98 Å². The van der Waals surface area contributed by atoms with Gasteiger partial charge in [0.1, 0.15) is 5.15 Å². The molecule has 0 aliphatic carbocycles. The molecule has 1 unspecified atom stereocenters. The van der Waals surface area contributed by atoms with Crippen LogP contribution in [0, 0.1) is 0 Å². The second kappa shape index (κ2) is 3.83. The molecule has 1 heterocycles. The predicted octanol–water partition coefficient (Wildman–Crippen LogP) is 2.16. The van der Waals surface area contributed by atoms with E-state index in [2.05, 4.69) is 9.35 Å². The molecule has 2 nitrogen and oxygen atoms in total. The Kier molecular flexibility index (Phi) is 3.02. The monoisotopic (exact) mass is 188 g/mol. The van der Waals surface area contributed by atoms with Crippen LogP contribution in [0.25, 0.3) is 0 Å². The number of rotatable bonds is 1. The second-order valence-corrected chi connectivity index (χ2v) is 4.16. The summed E-state index contributed by atoms with van der Waals surface area (Å²) in [5, 5.41) is 0.529. The molecule has 1 rings (SSSR count). The van der Waals surface area contributed by atoms with Gasteiger partial charge in [-0.1, -0.05) is 22.3 Å². The van der Waals surface area contributed by atoms with Crippen LogP contribution >= 0.6 is 11.6 Å². The molecule has 0 aliphatic rings. The first-order valence-electron chi connectivity index (χ1n) is 3.11. The Balaban J connectivity index is 2.99. The average Bonchev–Trinajstić information content (AvgIpc) is 2.05. The topological polar surface area (TPSA) is 25.2 Å². The first-order valence-corrected chi connectivity index (χ1v) is 5.08. The van der Waals surface area contributed by atoms with Gasteiger partial charge >= 0.3 is 0 Å². The zero-order valence-electron chi connectivity index (χ0n) is 6.41. The average molecular weight is 189 g/mol. The molecule has 0 aromatic carbocycles. The van der Waals surface area contributed by atoms with Crippen molar-refractivity contribution >= 4 is 22.3 Å². The van der Waals surface area contributed by atoms with Crippen molar-refractivity contribution in [2.75, 3.05) is 13.3 Å². The van der Waals surface area contributed by atoms with Crippen LogP contribution in [-0.2, 0) is 10.7 Å². The maximum Gasteiger partial charge on any atom is 0.129 e. The van der Waals surface area contributed by atoms with Crippen LogP contribution in [0.5, 0.6) is 0 Å². The second-order valence-electron chi connectivity index (χ2n) is 1.98. The molecule has 0 aliphatic heterocycles. The van der Waals surface area contributed by atoms with E-state index in [9.17, 15) is 0 Å². The van der Waals surface area contributed by atoms with Crippen LogP contribution in [0.1, 0.15) is 0 Å². The highest BCUT2D eigenvalue weighted by Crippen LogP contribution is 2.08. The fraction of sp³-hybridized carbons (Fsp3) is 0.286. The Bertz CT molecular complexity index is 268. The molecule has 0 saturated heterocycles. The molecule has 0 saturated carbocycles. The fourth-order valence-corrected chi connectivity index (χ4v) is 1.44. The van der Waals surface area contributed by atoms with Crippen molar-refractivity contribution in [3.05, 3.63) is 23.5 Å². The van der Waals surface area contributed by atoms with Crippen LogP contribution in [-0.4, -0.2) is 18.3 Å². The van der Waals surface area contributed by atoms with Gasteiger partial charge in [0.05, 0.1) is 0 Å². The van der Waals surface area contributed by atoms with Crippen molar-refractivity contribution in [1.29, 1.82) is 0 Å². The number of aromatic nitrogens is 1. The lowest BCUT2D eigenvalue weighted by atomic mass is 10.5. The molecular weight excluding hydrogens is 180 g/mol. The molecule has 0 N–H and O–H groups in total. The highest BCUT2D eigenvalue weighted by atomic mass is 35.5. The number of pyridine rings is 1. The van der Waals surface area contributed by atoms with E-state index in [0.29, 0.717) is 5.15 Å². The molecule has 1 aromatic rings. The lowest BCUT2D eigenvalue weighted by molar-refractivity contribution is 1.23. The molecule has 11 heavy (non-hydrogen) atoms. The zero-order chi connectivity index (χ0) is 8.27. The Morgan fingerprint density at radius 2 is 2.27 bits per heavy atom. The Labute approximate surface area is 73.7 Å². The van der Waals surface area contributed by atoms with E-state index in [1.807, 2.05) is 12.3 Å². The van der Waals surface area contributed by atoms with E-state index in [0.717, 1.165) is 4.90 Å². The van der Waals surface area contributed by atoms with Gasteiger partial charge < -0.3 is 0 Å². The zero-order valence-corrected chi connectivity index (χ0v) is 7.99. The maximum atomic E-state index is 5.62. The van der Waals surface area contributed by atoms with Gasteiger partial charge in [0.25, 0.3) is 0 Å². The first kappa shape index (κ1) is 8.68. The minimum absolute atomic E-state index is 0.0448. The maximum absolute atomic E-state index is 5.62. The smallest absolute Gasteiger partial charge is 0.129 e. The van der Waals surface area contributed by atoms with E-state index in [4.69, 9.17) is 11.6 Å². The van der Waals surface area contributed by atoms with Crippen molar-refractivity contribution in [1.82, 2.24) is 4.98 Å². The summed E-state index contributed by atoms with van der Waals surface area (Å²) in [5.41, 5.74) is 0. The van der Waals surface area contributed by atoms with E-state index >= 15 is 0 Å². The van der Waals surface area contributed by atoms with Crippen LogP contribution in [0.4, 0.5) is 0 Å². The summed E-state index contributed by atoms with van der Waals surface area (Å²) >= 11 is 5.62. The van der Waals surface area contributed by atoms with Crippen LogP contribution in [0.2, 0.25) is 5.15 Å². The summed E-state index contributed by atoms with van der Waals surface area (Å²) in [6.45, 7) is 0. The third-order valence-corrected chi connectivity index (χ3v) is 3.01. The van der Waals surface area contributed by atoms with Crippen LogP contribution in [0.15, 0.2) is 27.6 Å². The standard InChI is InChI=1S/C7H9ClN2S/c1-9-11(2)6-3-4-7(8)10-5-6/h3-5H,1-2H3. The predicted molar refractivity (Wildman–Crippen MR) is 49.2 cm³/mol. The van der Waals surface area contributed by atoms with Crippen molar-refractivity contribution in [2.45, 2.75) is 4.90 Å². The van der Waals surface area contributed by atoms with Crippen molar-refractivity contribution < 1.29 is 0 Å². The molecule has 0 spiro atoms. The summed E-state index contributed by atoms with van der Waals surface area (Å²) in [4.78, 5) is 5.08. The molecule has 1 aromatic heterocycles. The third kappa shape index (κ3) is 2.27. The first-order chi connectivity index (χ1) is 5.24. The van der Waals surface area contributed by atoms with E-state index in [-0.39, 0.29) is 10.7 Å². The largest absolute Gasteiger partial charge is 0.264 e. The van der Waals surface area contributed by atoms with Crippen LogP contribution in [0.3, 0.4) is 0 Å². The third-order valence-electron chi connectivity index (χ3n) is 1.32. The Hall–Kier alpha value is -0.410. The Morgan fingerprint density at radius 1 is 1.55 bits per heavy atom. The lowest BCUT2D eigenvalue weighted by Crippen LogP contribution is -1.87. The van der Waals surface area contributed by atoms with E-state index in [1.54, 1.807) is 19.3 Å². The SMILES string of the molecule is C/N=S(\C)c1ccc(Cl)nc1. The minimum atomic E-state index is -0.0448. The van der Waals surface area contributed by atoms with Gasteiger partial charge in [0.15, 0.2) is 0 Å². The highest BCUT2D eigenvalue weighted by molar-refractivity contribution is 7.86. The van der Waals surface area contributed by atoms with E-state index in [1.165, 1.54) is 0 Å². The minimum Gasteiger partial charge on any atom is -0.264 e. The number of hydrogen-bond acceptors (Lipinski definition) is 2. The lowest BCUT2D eigenvalue weighted by Gasteiger charge is -1.98. The molecule has 1 atom stereocenters. The van der Waals surface area contributed by atoms with Crippen LogP contribution < -0.4 is 0 Å². The van der Waals surface area contributed by atoms with Gasteiger partial charge in [0.2, 0.25) is 0 Å². The quantitative estimate of drug-likeness (QED) is 0.620. The van der Waals surface area contributed by atoms with Crippen molar-refractivity contribution in [2.24, 2.45) is 4.36 Å². The van der Waals surface area contributed by atoms with E-state index < -0.39 is 0 Å². The normalized spacial score (nSPS) is 13.4. The number of hydrogen-bond donors (Lipinski definition) is 0. The summed E-state index contributed by atoms with van der Waals surface area (Å²) in [5.74, 6) is 0. The van der Waals surface area contributed by atoms with Gasteiger partial charge in [-0.3, -0.25) is 4.36 Å². The van der Waals surface area contributed by atoms with Gasteiger partial charge in [0, 0.05) is 18.1 Å². The van der Waals surface area contributed by atoms with Gasteiger partial charge in [-0.05, 0) is 18.4 Å². The number of halogens is 1. The molecule has 0 radical (unpaired) electrons. The van der Waals surface area contributed by atoms with Crippen molar-refractivity contribution in [3.8, 4) is 0 Å². The van der Waals surface area contributed by atoms with Crippen molar-refractivity contribution in [3.63, 3.8) is 0 Å². The molecule has 0 bridgehead atoms. The highest BCUT2D eigenvalue weighted by Gasteiger charge is 1.93. The fourth-order valence-electron chi connectivity index (χ4n) is 0.642. The molecule has 0 fully saturated rings. The summed E-state index contributed by atoms with van der Waals surface area (Å²) < 4.78 is 4.13. The molecule has 4 heteroatoms. The summed E-state index contributed by atoms with van der Waals surface area (Å²) in [6.07, 6.45) is 3.81. The summed E-state index contributed by atoms with van der Waals surface area (Å²) in [7, 11) is 1.76. The molecule has 0 amide bonds. The molecule has 60 valence electrons. The molecular formula is C7H9ClN2S. The van der Waals surface area contributed by atoms with Gasteiger partial charge in [-0.2, -0.15) is 0 Å². The Morgan fingerprint density at radius 3 is 2.73 bits per heavy atom. The van der Waals surface area contributed by atoms with Gasteiger partial charge in [-0.15, -0.1) is 0 Å².